The molecule has 134 valence electrons. The van der Waals surface area contributed by atoms with Crippen molar-refractivity contribution >= 4 is 17.6 Å². The van der Waals surface area contributed by atoms with Gasteiger partial charge in [0.05, 0.1) is 6.54 Å². The number of amides is 3. The molecule has 0 fully saturated rings. The predicted molar refractivity (Wildman–Crippen MR) is 97.7 cm³/mol. The van der Waals surface area contributed by atoms with Crippen molar-refractivity contribution in [2.45, 2.75) is 32.7 Å². The highest BCUT2D eigenvalue weighted by Gasteiger charge is 2.14. The highest BCUT2D eigenvalue weighted by Crippen LogP contribution is 2.26. The van der Waals surface area contributed by atoms with Crippen LogP contribution in [0.25, 0.3) is 0 Å². The summed E-state index contributed by atoms with van der Waals surface area (Å²) in [4.78, 5) is 25.4. The topological polar surface area (TPSA) is 74.6 Å². The second-order valence-electron chi connectivity index (χ2n) is 6.17. The molecule has 6 heteroatoms. The van der Waals surface area contributed by atoms with Crippen molar-refractivity contribution < 1.29 is 14.0 Å². The highest BCUT2D eigenvalue weighted by molar-refractivity contribution is 5.91. The fourth-order valence-electron chi connectivity index (χ4n) is 2.40. The average Bonchev–Trinajstić information content (AvgIpc) is 3.08. The number of benzene rings is 1. The lowest BCUT2D eigenvalue weighted by Crippen LogP contribution is -2.28. The van der Waals surface area contributed by atoms with Crippen LogP contribution in [0.1, 0.15) is 48.1 Å². The van der Waals surface area contributed by atoms with E-state index in [1.54, 1.807) is 26.2 Å². The van der Waals surface area contributed by atoms with Crippen LogP contribution >= 0.6 is 0 Å². The van der Waals surface area contributed by atoms with Gasteiger partial charge in [0.25, 0.3) is 5.91 Å². The first-order valence-electron chi connectivity index (χ1n) is 8.36. The monoisotopic (exact) mass is 343 g/mol. The van der Waals surface area contributed by atoms with Crippen LogP contribution in [0.15, 0.2) is 40.8 Å². The van der Waals surface area contributed by atoms with Crippen LogP contribution in [-0.2, 0) is 6.54 Å². The Morgan fingerprint density at radius 1 is 1.16 bits per heavy atom. The first kappa shape index (κ1) is 18.6. The van der Waals surface area contributed by atoms with E-state index in [1.807, 2.05) is 24.3 Å². The molecule has 3 amide bonds. The molecule has 2 aromatic rings. The maximum absolute atomic E-state index is 12.2. The molecule has 1 atom stereocenters. The first-order valence-corrected chi connectivity index (χ1v) is 8.36. The molecule has 0 radical (unpaired) electrons. The van der Waals surface area contributed by atoms with Crippen LogP contribution in [0.5, 0.6) is 0 Å². The molecule has 0 aliphatic rings. The van der Waals surface area contributed by atoms with Crippen LogP contribution in [-0.4, -0.2) is 30.9 Å². The number of nitrogens with zero attached hydrogens (tertiary/aromatic N) is 1. The number of anilines is 1. The van der Waals surface area contributed by atoms with Crippen LogP contribution in [0.2, 0.25) is 0 Å². The summed E-state index contributed by atoms with van der Waals surface area (Å²) in [6, 6.07) is 10.8. The molecule has 2 rings (SSSR count). The summed E-state index contributed by atoms with van der Waals surface area (Å²) < 4.78 is 5.45. The van der Waals surface area contributed by atoms with E-state index in [0.717, 1.165) is 17.7 Å². The normalized spacial score (nSPS) is 11.7. The third-order valence-corrected chi connectivity index (χ3v) is 4.05. The number of nitrogens with one attached hydrogen (secondary N) is 2. The summed E-state index contributed by atoms with van der Waals surface area (Å²) in [5, 5.41) is 5.62. The highest BCUT2D eigenvalue weighted by atomic mass is 16.4. The van der Waals surface area contributed by atoms with Crippen molar-refractivity contribution in [3.63, 3.8) is 0 Å². The Labute approximate surface area is 148 Å². The van der Waals surface area contributed by atoms with Crippen molar-refractivity contribution in [3.05, 3.63) is 53.5 Å². The van der Waals surface area contributed by atoms with Gasteiger partial charge in [-0.15, -0.1) is 0 Å². The van der Waals surface area contributed by atoms with Crippen molar-refractivity contribution in [1.82, 2.24) is 10.2 Å². The Hall–Kier alpha value is -2.76. The SMILES string of the molecule is CC[C@H](C)c1ccccc1NC(=O)NCc1ccc(C(=O)N(C)C)o1. The zero-order valence-corrected chi connectivity index (χ0v) is 15.1. The first-order chi connectivity index (χ1) is 11.9. The summed E-state index contributed by atoms with van der Waals surface area (Å²) in [6.07, 6.45) is 0.995. The minimum absolute atomic E-state index is 0.206. The van der Waals surface area contributed by atoms with Gasteiger partial charge in [-0.1, -0.05) is 32.0 Å². The molecule has 0 spiro atoms. The smallest absolute Gasteiger partial charge is 0.319 e. The van der Waals surface area contributed by atoms with Gasteiger partial charge < -0.3 is 20.0 Å². The molecule has 1 aromatic heterocycles. The quantitative estimate of drug-likeness (QED) is 0.837. The fourth-order valence-corrected chi connectivity index (χ4v) is 2.40. The minimum Gasteiger partial charge on any atom is -0.454 e. The molecule has 0 saturated carbocycles. The van der Waals surface area contributed by atoms with E-state index in [1.165, 1.54) is 4.90 Å². The van der Waals surface area contributed by atoms with Gasteiger partial charge in [-0.05, 0) is 36.1 Å². The lowest BCUT2D eigenvalue weighted by atomic mass is 9.97. The van der Waals surface area contributed by atoms with E-state index in [4.69, 9.17) is 4.42 Å². The van der Waals surface area contributed by atoms with Crippen LogP contribution in [0, 0.1) is 0 Å². The molecule has 0 aliphatic carbocycles. The van der Waals surface area contributed by atoms with E-state index in [-0.39, 0.29) is 24.2 Å². The van der Waals surface area contributed by atoms with Crippen molar-refractivity contribution in [1.29, 1.82) is 0 Å². The Morgan fingerprint density at radius 3 is 2.56 bits per heavy atom. The molecule has 0 bridgehead atoms. The standard InChI is InChI=1S/C19H25N3O3/c1-5-13(2)15-8-6-7-9-16(15)21-19(24)20-12-14-10-11-17(25-14)18(23)22(3)4/h6-11,13H,5,12H2,1-4H3,(H2,20,21,24)/t13-/m0/s1. The van der Waals surface area contributed by atoms with Crippen molar-refractivity contribution in [2.24, 2.45) is 0 Å². The van der Waals surface area contributed by atoms with Gasteiger partial charge in [-0.3, -0.25) is 4.79 Å². The van der Waals surface area contributed by atoms with E-state index in [9.17, 15) is 9.59 Å². The van der Waals surface area contributed by atoms with Crippen LogP contribution in [0.4, 0.5) is 10.5 Å². The molecule has 25 heavy (non-hydrogen) atoms. The van der Waals surface area contributed by atoms with E-state index >= 15 is 0 Å². The zero-order chi connectivity index (χ0) is 18.4. The third kappa shape index (κ3) is 4.86. The maximum Gasteiger partial charge on any atom is 0.319 e. The lowest BCUT2D eigenvalue weighted by Gasteiger charge is -2.15. The number of furan rings is 1. The summed E-state index contributed by atoms with van der Waals surface area (Å²) in [7, 11) is 3.32. The Kier molecular flexibility index (Phi) is 6.22. The second kappa shape index (κ2) is 8.37. The molecule has 2 N–H and O–H groups in total. The Balaban J connectivity index is 1.95. The van der Waals surface area contributed by atoms with Gasteiger partial charge in [-0.25, -0.2) is 4.79 Å². The molecular weight excluding hydrogens is 318 g/mol. The molecule has 0 saturated heterocycles. The molecule has 1 heterocycles. The third-order valence-electron chi connectivity index (χ3n) is 4.05. The van der Waals surface area contributed by atoms with Gasteiger partial charge in [-0.2, -0.15) is 0 Å². The molecule has 1 aromatic carbocycles. The van der Waals surface area contributed by atoms with Gasteiger partial charge in [0.1, 0.15) is 5.76 Å². The van der Waals surface area contributed by atoms with E-state index < -0.39 is 0 Å². The van der Waals surface area contributed by atoms with E-state index in [2.05, 4.69) is 24.5 Å². The number of hydrogen-bond acceptors (Lipinski definition) is 3. The second-order valence-corrected chi connectivity index (χ2v) is 6.17. The largest absolute Gasteiger partial charge is 0.454 e. The molecule has 0 unspecified atom stereocenters. The Morgan fingerprint density at radius 2 is 1.88 bits per heavy atom. The summed E-state index contributed by atoms with van der Waals surface area (Å²) in [5.74, 6) is 0.930. The number of hydrogen-bond donors (Lipinski definition) is 2. The van der Waals surface area contributed by atoms with Gasteiger partial charge in [0.2, 0.25) is 0 Å². The summed E-state index contributed by atoms with van der Waals surface area (Å²) >= 11 is 0. The Bertz CT molecular complexity index is 737. The zero-order valence-electron chi connectivity index (χ0n) is 15.1. The maximum atomic E-state index is 12.2. The molecule has 0 aliphatic heterocycles. The van der Waals surface area contributed by atoms with Crippen molar-refractivity contribution in [3.8, 4) is 0 Å². The van der Waals surface area contributed by atoms with Gasteiger partial charge in [0.15, 0.2) is 5.76 Å². The van der Waals surface area contributed by atoms with E-state index in [0.29, 0.717) is 11.7 Å². The predicted octanol–water partition coefficient (Wildman–Crippen LogP) is 3.82. The molecular formula is C19H25N3O3. The number of carbonyl (C=O) groups is 2. The number of para-hydroxylation sites is 1. The fraction of sp³-hybridized carbons (Fsp3) is 0.368. The average molecular weight is 343 g/mol. The number of rotatable bonds is 6. The van der Waals surface area contributed by atoms with Crippen LogP contribution < -0.4 is 10.6 Å². The summed E-state index contributed by atoms with van der Waals surface area (Å²) in [6.45, 7) is 4.45. The number of carbonyl (C=O) groups excluding carboxylic acids is 2. The molecule has 6 nitrogen and oxygen atoms in total. The van der Waals surface area contributed by atoms with Gasteiger partial charge in [0, 0.05) is 19.8 Å². The van der Waals surface area contributed by atoms with Gasteiger partial charge >= 0.3 is 6.03 Å². The number of urea groups is 1. The minimum atomic E-state index is -0.312. The lowest BCUT2D eigenvalue weighted by molar-refractivity contribution is 0.0795. The van der Waals surface area contributed by atoms with Crippen molar-refractivity contribution in [2.75, 3.05) is 19.4 Å². The van der Waals surface area contributed by atoms with Crippen LogP contribution in [0.3, 0.4) is 0 Å². The summed E-state index contributed by atoms with van der Waals surface area (Å²) in [5.41, 5.74) is 1.91.